The van der Waals surface area contributed by atoms with Gasteiger partial charge in [0.25, 0.3) is 0 Å². The maximum atomic E-state index is 13.7. The van der Waals surface area contributed by atoms with Crippen molar-refractivity contribution in [1.82, 2.24) is 4.90 Å². The highest BCUT2D eigenvalue weighted by Crippen LogP contribution is 2.20. The average Bonchev–Trinajstić information content (AvgIpc) is 2.31. The van der Waals surface area contributed by atoms with Crippen LogP contribution in [0.5, 0.6) is 0 Å². The first-order chi connectivity index (χ1) is 8.08. The summed E-state index contributed by atoms with van der Waals surface area (Å²) in [4.78, 5) is 23.6. The number of alkyl halides is 1. The summed E-state index contributed by atoms with van der Waals surface area (Å²) >= 11 is 0. The van der Waals surface area contributed by atoms with Crippen LogP contribution >= 0.6 is 0 Å². The van der Waals surface area contributed by atoms with Gasteiger partial charge in [-0.2, -0.15) is 0 Å². The third-order valence-electron chi connectivity index (χ3n) is 2.48. The zero-order chi connectivity index (χ0) is 12.8. The van der Waals surface area contributed by atoms with Gasteiger partial charge in [-0.3, -0.25) is 0 Å². The van der Waals surface area contributed by atoms with Crippen LogP contribution in [0.1, 0.15) is 13.3 Å². The van der Waals surface area contributed by atoms with Crippen molar-refractivity contribution in [3.05, 3.63) is 11.6 Å². The molecule has 1 fully saturated rings. The molecule has 0 radical (unpaired) electrons. The van der Waals surface area contributed by atoms with Crippen LogP contribution in [-0.2, 0) is 14.3 Å². The van der Waals surface area contributed by atoms with Crippen LogP contribution in [-0.4, -0.2) is 49.9 Å². The van der Waals surface area contributed by atoms with E-state index >= 15 is 0 Å². The molecule has 0 aromatic carbocycles. The lowest BCUT2D eigenvalue weighted by atomic mass is 10.0. The molecule has 0 saturated carbocycles. The Labute approximate surface area is 99.2 Å². The zero-order valence-corrected chi connectivity index (χ0v) is 9.94. The van der Waals surface area contributed by atoms with Crippen molar-refractivity contribution < 1.29 is 23.5 Å². The van der Waals surface area contributed by atoms with Crippen LogP contribution in [0.15, 0.2) is 11.6 Å². The molecule has 96 valence electrons. The molecule has 0 aliphatic carbocycles. The summed E-state index contributed by atoms with van der Waals surface area (Å²) in [5, 5.41) is 0. The molecule has 0 aromatic rings. The van der Waals surface area contributed by atoms with E-state index in [1.807, 2.05) is 0 Å². The molecule has 0 bridgehead atoms. The number of esters is 1. The van der Waals surface area contributed by atoms with Crippen molar-refractivity contribution >= 4 is 12.1 Å². The summed E-state index contributed by atoms with van der Waals surface area (Å²) in [5.41, 5.74) is 0.364. The molecule has 5 nitrogen and oxygen atoms in total. The summed E-state index contributed by atoms with van der Waals surface area (Å²) in [7, 11) is 1.25. The second-order valence-corrected chi connectivity index (χ2v) is 3.60. The lowest BCUT2D eigenvalue weighted by molar-refractivity contribution is -0.137. The minimum absolute atomic E-state index is 0.0854. The Morgan fingerprint density at radius 2 is 2.29 bits per heavy atom. The number of hydrogen-bond donors (Lipinski definition) is 0. The van der Waals surface area contributed by atoms with E-state index in [4.69, 9.17) is 4.74 Å². The molecule has 6 heteroatoms. The van der Waals surface area contributed by atoms with Gasteiger partial charge in [-0.1, -0.05) is 0 Å². The summed E-state index contributed by atoms with van der Waals surface area (Å²) in [6, 6.07) is 0. The molecule has 1 amide bonds. The molecule has 1 aliphatic rings. The smallest absolute Gasteiger partial charge is 0.409 e. The predicted molar refractivity (Wildman–Crippen MR) is 58.2 cm³/mol. The molecule has 1 atom stereocenters. The van der Waals surface area contributed by atoms with Gasteiger partial charge < -0.3 is 14.4 Å². The highest BCUT2D eigenvalue weighted by atomic mass is 19.1. The fourth-order valence-corrected chi connectivity index (χ4v) is 1.62. The van der Waals surface area contributed by atoms with Gasteiger partial charge in [0, 0.05) is 12.6 Å². The lowest BCUT2D eigenvalue weighted by Crippen LogP contribution is -2.42. The number of piperidine rings is 1. The van der Waals surface area contributed by atoms with Gasteiger partial charge in [0.05, 0.1) is 20.3 Å². The molecule has 0 spiro atoms. The largest absolute Gasteiger partial charge is 0.463 e. The first-order valence-electron chi connectivity index (χ1n) is 5.42. The van der Waals surface area contributed by atoms with E-state index in [1.54, 1.807) is 6.92 Å². The number of amides is 1. The summed E-state index contributed by atoms with van der Waals surface area (Å²) in [6.07, 6.45) is -0.409. The maximum absolute atomic E-state index is 13.7. The number of methoxy groups -OCH3 is 1. The van der Waals surface area contributed by atoms with Gasteiger partial charge in [-0.15, -0.1) is 0 Å². The molecule has 1 unspecified atom stereocenters. The van der Waals surface area contributed by atoms with Crippen LogP contribution in [0.3, 0.4) is 0 Å². The Kier molecular flexibility index (Phi) is 4.93. The Morgan fingerprint density at radius 3 is 2.82 bits per heavy atom. The molecular formula is C11H16FNO4. The standard InChI is InChI=1S/C11H16FNO4/c1-3-17-10(14)6-8-4-5-13(7-9(8)12)11(15)16-2/h6,9H,3-5,7H2,1-2H3. The van der Waals surface area contributed by atoms with Crippen LogP contribution < -0.4 is 0 Å². The summed E-state index contributed by atoms with van der Waals surface area (Å²) < 4.78 is 22.9. The summed E-state index contributed by atoms with van der Waals surface area (Å²) in [5.74, 6) is -0.545. The van der Waals surface area contributed by atoms with Crippen molar-refractivity contribution in [2.45, 2.75) is 19.5 Å². The molecule has 1 rings (SSSR count). The Bertz CT molecular complexity index is 329. The molecule has 17 heavy (non-hydrogen) atoms. The van der Waals surface area contributed by atoms with Crippen molar-refractivity contribution in [2.75, 3.05) is 26.8 Å². The first-order valence-corrected chi connectivity index (χ1v) is 5.42. The number of carbonyl (C=O) groups excluding carboxylic acids is 2. The Morgan fingerprint density at radius 1 is 1.59 bits per heavy atom. The SMILES string of the molecule is CCOC(=O)C=C1CCN(C(=O)OC)CC1F. The summed E-state index contributed by atoms with van der Waals surface area (Å²) in [6.45, 7) is 2.20. The van der Waals surface area contributed by atoms with E-state index in [0.29, 0.717) is 18.5 Å². The van der Waals surface area contributed by atoms with E-state index < -0.39 is 18.2 Å². The number of likely N-dealkylation sites (tertiary alicyclic amines) is 1. The van der Waals surface area contributed by atoms with Crippen molar-refractivity contribution in [2.24, 2.45) is 0 Å². The Hall–Kier alpha value is -1.59. The van der Waals surface area contributed by atoms with E-state index in [9.17, 15) is 14.0 Å². The highest BCUT2D eigenvalue weighted by molar-refractivity contribution is 5.83. The van der Waals surface area contributed by atoms with Crippen molar-refractivity contribution in [3.63, 3.8) is 0 Å². The third-order valence-corrected chi connectivity index (χ3v) is 2.48. The van der Waals surface area contributed by atoms with Gasteiger partial charge in [0.2, 0.25) is 0 Å². The van der Waals surface area contributed by atoms with Crippen LogP contribution in [0.25, 0.3) is 0 Å². The van der Waals surface area contributed by atoms with Gasteiger partial charge >= 0.3 is 12.1 Å². The molecule has 1 heterocycles. The minimum atomic E-state index is -1.34. The monoisotopic (exact) mass is 245 g/mol. The fraction of sp³-hybridized carbons (Fsp3) is 0.636. The fourth-order valence-electron chi connectivity index (χ4n) is 1.62. The second kappa shape index (κ2) is 6.22. The van der Waals surface area contributed by atoms with Gasteiger partial charge in [-0.05, 0) is 18.9 Å². The van der Waals surface area contributed by atoms with Gasteiger partial charge in [0.15, 0.2) is 0 Å². The molecule has 0 aromatic heterocycles. The maximum Gasteiger partial charge on any atom is 0.409 e. The molecule has 0 N–H and O–H groups in total. The van der Waals surface area contributed by atoms with Gasteiger partial charge in [0.1, 0.15) is 6.17 Å². The van der Waals surface area contributed by atoms with Gasteiger partial charge in [-0.25, -0.2) is 14.0 Å². The second-order valence-electron chi connectivity index (χ2n) is 3.60. The third kappa shape index (κ3) is 3.72. The quantitative estimate of drug-likeness (QED) is 0.543. The van der Waals surface area contributed by atoms with Crippen molar-refractivity contribution in [3.8, 4) is 0 Å². The molecule has 1 aliphatic heterocycles. The molecular weight excluding hydrogens is 229 g/mol. The number of carbonyl (C=O) groups is 2. The first kappa shape index (κ1) is 13.5. The van der Waals surface area contributed by atoms with E-state index in [1.165, 1.54) is 18.1 Å². The predicted octanol–water partition coefficient (Wildman–Crippen LogP) is 1.29. The van der Waals surface area contributed by atoms with E-state index in [2.05, 4.69) is 4.74 Å². The number of halogens is 1. The lowest BCUT2D eigenvalue weighted by Gasteiger charge is -2.29. The normalized spacial score (nSPS) is 22.4. The minimum Gasteiger partial charge on any atom is -0.463 e. The van der Waals surface area contributed by atoms with E-state index in [-0.39, 0.29) is 13.2 Å². The van der Waals surface area contributed by atoms with Crippen LogP contribution in [0, 0.1) is 0 Å². The molecule has 1 saturated heterocycles. The number of rotatable bonds is 2. The zero-order valence-electron chi connectivity index (χ0n) is 9.94. The number of ether oxygens (including phenoxy) is 2. The van der Waals surface area contributed by atoms with Crippen LogP contribution in [0.4, 0.5) is 9.18 Å². The average molecular weight is 245 g/mol. The van der Waals surface area contributed by atoms with Crippen LogP contribution in [0.2, 0.25) is 0 Å². The highest BCUT2D eigenvalue weighted by Gasteiger charge is 2.28. The van der Waals surface area contributed by atoms with Crippen molar-refractivity contribution in [1.29, 1.82) is 0 Å². The van der Waals surface area contributed by atoms with E-state index in [0.717, 1.165) is 0 Å². The number of hydrogen-bond acceptors (Lipinski definition) is 4. The Balaban J connectivity index is 2.59. The number of nitrogens with zero attached hydrogens (tertiary/aromatic N) is 1. The topological polar surface area (TPSA) is 55.8 Å².